The molecule has 8 nitrogen and oxygen atoms in total. The first-order chi connectivity index (χ1) is 16.5. The molecule has 1 aromatic heterocycles. The van der Waals surface area contributed by atoms with Crippen LogP contribution in [0.3, 0.4) is 0 Å². The summed E-state index contributed by atoms with van der Waals surface area (Å²) in [7, 11) is 3.51. The molecule has 1 N–H and O–H groups in total. The summed E-state index contributed by atoms with van der Waals surface area (Å²) in [5, 5.41) is 11.3. The average Bonchev–Trinajstić information content (AvgIpc) is 3.47. The molecule has 34 heavy (non-hydrogen) atoms. The number of benzene rings is 2. The zero-order valence-corrected chi connectivity index (χ0v) is 18.9. The smallest absolute Gasteiger partial charge is 0.296 e. The van der Waals surface area contributed by atoms with E-state index in [1.54, 1.807) is 49.6 Å². The third kappa shape index (κ3) is 3.67. The molecule has 1 saturated heterocycles. The van der Waals surface area contributed by atoms with Crippen LogP contribution in [0.1, 0.15) is 22.9 Å². The highest BCUT2D eigenvalue weighted by atomic mass is 16.5. The molecule has 0 aliphatic carbocycles. The number of anilines is 1. The van der Waals surface area contributed by atoms with Crippen molar-refractivity contribution >= 4 is 23.1 Å². The van der Waals surface area contributed by atoms with Crippen molar-refractivity contribution in [1.82, 2.24) is 4.90 Å². The molecule has 0 bridgehead atoms. The van der Waals surface area contributed by atoms with Crippen molar-refractivity contribution in [3.63, 3.8) is 0 Å². The van der Waals surface area contributed by atoms with E-state index in [1.807, 2.05) is 24.1 Å². The number of likely N-dealkylation sites (tertiary alicyclic amines) is 1. The van der Waals surface area contributed by atoms with E-state index >= 15 is 0 Å². The average molecular weight is 460 g/mol. The highest BCUT2D eigenvalue weighted by Gasteiger charge is 2.47. The van der Waals surface area contributed by atoms with Crippen LogP contribution >= 0.6 is 0 Å². The molecule has 1 amide bonds. The van der Waals surface area contributed by atoms with Crippen molar-refractivity contribution in [2.75, 3.05) is 32.2 Å². The number of aliphatic hydroxyl groups excluding tert-OH is 1. The van der Waals surface area contributed by atoms with Gasteiger partial charge in [0.25, 0.3) is 11.7 Å². The Bertz CT molecular complexity index is 1260. The maximum Gasteiger partial charge on any atom is 0.296 e. The number of amides is 1. The van der Waals surface area contributed by atoms with Crippen LogP contribution in [0, 0.1) is 0 Å². The monoisotopic (exact) mass is 460 g/mol. The number of carbonyl (C=O) groups is 2. The van der Waals surface area contributed by atoms with E-state index in [0.29, 0.717) is 36.0 Å². The van der Waals surface area contributed by atoms with Gasteiger partial charge in [-0.05, 0) is 48.0 Å². The zero-order chi connectivity index (χ0) is 23.8. The van der Waals surface area contributed by atoms with E-state index in [0.717, 1.165) is 11.3 Å². The van der Waals surface area contributed by atoms with Crippen LogP contribution in [0.15, 0.2) is 70.9 Å². The highest BCUT2D eigenvalue weighted by molar-refractivity contribution is 6.46. The van der Waals surface area contributed by atoms with Crippen LogP contribution in [0.2, 0.25) is 0 Å². The maximum absolute atomic E-state index is 13.2. The fourth-order valence-corrected chi connectivity index (χ4v) is 4.37. The molecule has 174 valence electrons. The Morgan fingerprint density at radius 1 is 1.15 bits per heavy atom. The predicted molar refractivity (Wildman–Crippen MR) is 125 cm³/mol. The third-order valence-electron chi connectivity index (χ3n) is 6.19. The van der Waals surface area contributed by atoms with E-state index in [4.69, 9.17) is 13.9 Å². The maximum atomic E-state index is 13.2. The van der Waals surface area contributed by atoms with Crippen LogP contribution in [-0.2, 0) is 16.1 Å². The lowest BCUT2D eigenvalue weighted by Gasteiger charge is -2.28. The van der Waals surface area contributed by atoms with Gasteiger partial charge in [-0.1, -0.05) is 12.1 Å². The van der Waals surface area contributed by atoms with E-state index in [-0.39, 0.29) is 17.9 Å². The van der Waals surface area contributed by atoms with Gasteiger partial charge in [-0.3, -0.25) is 9.59 Å². The van der Waals surface area contributed by atoms with E-state index in [9.17, 15) is 14.7 Å². The number of ether oxygens (including phenoxy) is 2. The van der Waals surface area contributed by atoms with Crippen LogP contribution in [-0.4, -0.2) is 49.0 Å². The van der Waals surface area contributed by atoms with Gasteiger partial charge in [-0.15, -0.1) is 0 Å². The molecule has 8 heteroatoms. The minimum Gasteiger partial charge on any atom is -0.507 e. The Balaban J connectivity index is 1.58. The second-order valence-electron chi connectivity index (χ2n) is 8.24. The van der Waals surface area contributed by atoms with Crippen molar-refractivity contribution in [2.45, 2.75) is 12.6 Å². The number of aliphatic hydroxyl groups is 1. The summed E-state index contributed by atoms with van der Waals surface area (Å²) in [6.45, 7) is 1.44. The van der Waals surface area contributed by atoms with Gasteiger partial charge in [0, 0.05) is 19.2 Å². The first-order valence-corrected chi connectivity index (χ1v) is 10.9. The Hall–Kier alpha value is -4.20. The Labute approximate surface area is 196 Å². The fourth-order valence-electron chi connectivity index (χ4n) is 4.37. The number of rotatable bonds is 5. The summed E-state index contributed by atoms with van der Waals surface area (Å²) in [5.74, 6) is 0.0842. The van der Waals surface area contributed by atoms with Crippen LogP contribution in [0.4, 0.5) is 5.69 Å². The van der Waals surface area contributed by atoms with Crippen molar-refractivity contribution < 1.29 is 28.6 Å². The van der Waals surface area contributed by atoms with Crippen molar-refractivity contribution in [1.29, 1.82) is 0 Å². The topological polar surface area (TPSA) is 92.5 Å². The molecule has 0 spiro atoms. The molecule has 2 aliphatic heterocycles. The molecule has 0 radical (unpaired) electrons. The van der Waals surface area contributed by atoms with E-state index in [1.165, 1.54) is 11.2 Å². The molecule has 3 heterocycles. The number of hydrogen-bond donors (Lipinski definition) is 1. The lowest BCUT2D eigenvalue weighted by molar-refractivity contribution is -0.140. The van der Waals surface area contributed by atoms with E-state index < -0.39 is 17.7 Å². The molecule has 2 aromatic carbocycles. The summed E-state index contributed by atoms with van der Waals surface area (Å²) in [6.07, 6.45) is 1.48. The van der Waals surface area contributed by atoms with Crippen LogP contribution in [0.5, 0.6) is 11.5 Å². The Morgan fingerprint density at radius 2 is 1.94 bits per heavy atom. The largest absolute Gasteiger partial charge is 0.507 e. The lowest BCUT2D eigenvalue weighted by atomic mass is 9.98. The molecule has 1 unspecified atom stereocenters. The number of nitrogens with zero attached hydrogens (tertiary/aromatic N) is 2. The minimum atomic E-state index is -0.859. The second kappa shape index (κ2) is 8.62. The van der Waals surface area contributed by atoms with Crippen LogP contribution in [0.25, 0.3) is 5.76 Å². The van der Waals surface area contributed by atoms with Gasteiger partial charge < -0.3 is 28.8 Å². The van der Waals surface area contributed by atoms with Crippen molar-refractivity contribution in [2.24, 2.45) is 0 Å². The third-order valence-corrected chi connectivity index (χ3v) is 6.19. The van der Waals surface area contributed by atoms with Gasteiger partial charge in [0.2, 0.25) is 0 Å². The Morgan fingerprint density at radius 3 is 2.65 bits per heavy atom. The molecule has 3 aromatic rings. The van der Waals surface area contributed by atoms with Crippen LogP contribution < -0.4 is 14.4 Å². The fraction of sp³-hybridized carbons (Fsp3) is 0.231. The second-order valence-corrected chi connectivity index (χ2v) is 8.24. The number of ketones is 1. The summed E-state index contributed by atoms with van der Waals surface area (Å²) in [5.41, 5.74) is 2.03. The van der Waals surface area contributed by atoms with Gasteiger partial charge in [0.15, 0.2) is 0 Å². The molecule has 1 fully saturated rings. The molecular weight excluding hydrogens is 436 g/mol. The number of fused-ring (bicyclic) bond motifs is 1. The minimum absolute atomic E-state index is 0.00667. The number of Topliss-reactive ketones (excluding diaryl/α,β-unsaturated/α-hetero) is 1. The van der Waals surface area contributed by atoms with E-state index in [2.05, 4.69) is 0 Å². The van der Waals surface area contributed by atoms with Gasteiger partial charge in [0.05, 0.1) is 31.2 Å². The highest BCUT2D eigenvalue weighted by Crippen LogP contribution is 2.42. The Kier molecular flexibility index (Phi) is 5.49. The molecular formula is C26H24N2O6. The number of carbonyl (C=O) groups excluding carboxylic acids is 2. The van der Waals surface area contributed by atoms with Gasteiger partial charge >= 0.3 is 0 Å². The predicted octanol–water partition coefficient (Wildman–Crippen LogP) is 3.74. The number of hydrogen-bond acceptors (Lipinski definition) is 7. The number of furan rings is 1. The molecule has 5 rings (SSSR count). The lowest BCUT2D eigenvalue weighted by Crippen LogP contribution is -2.29. The summed E-state index contributed by atoms with van der Waals surface area (Å²) >= 11 is 0. The molecule has 1 atom stereocenters. The first-order valence-electron chi connectivity index (χ1n) is 10.9. The van der Waals surface area contributed by atoms with Crippen molar-refractivity contribution in [3.8, 4) is 11.5 Å². The quantitative estimate of drug-likeness (QED) is 0.352. The molecule has 0 saturated carbocycles. The molecule has 2 aliphatic rings. The normalized spacial score (nSPS) is 19.2. The summed E-state index contributed by atoms with van der Waals surface area (Å²) in [6, 6.07) is 15.0. The van der Waals surface area contributed by atoms with Gasteiger partial charge in [0.1, 0.15) is 35.7 Å². The van der Waals surface area contributed by atoms with Crippen molar-refractivity contribution in [3.05, 3.63) is 83.3 Å². The SMILES string of the molecule is COc1ccc(CN2C(=O)C(=O)/C(=C(\O)c3ccc4c(c3)N(C)CCO4)C2c2ccco2)cc1. The number of likely N-dealkylation sites (N-methyl/N-ethyl adjacent to an activating group) is 1. The number of methoxy groups -OCH3 is 1. The summed E-state index contributed by atoms with van der Waals surface area (Å²) in [4.78, 5) is 29.7. The van der Waals surface area contributed by atoms with Gasteiger partial charge in [-0.25, -0.2) is 0 Å². The first kappa shape index (κ1) is 21.6. The zero-order valence-electron chi connectivity index (χ0n) is 18.9. The van der Waals surface area contributed by atoms with Gasteiger partial charge in [-0.2, -0.15) is 0 Å². The summed E-state index contributed by atoms with van der Waals surface area (Å²) < 4.78 is 16.5. The standard InChI is InChI=1S/C26H24N2O6/c1-27-11-13-34-20-10-7-17(14-19(20)27)24(29)22-23(21-4-3-12-33-21)28(26(31)25(22)30)15-16-5-8-18(32-2)9-6-16/h3-10,12,14,23,29H,11,13,15H2,1-2H3/b24-22-.